The zero-order chi connectivity index (χ0) is 14.7. The van der Waals surface area contributed by atoms with Gasteiger partial charge in [-0.25, -0.2) is 0 Å². The Bertz CT molecular complexity index is 376. The maximum absolute atomic E-state index is 2.86. The Balaban J connectivity index is 1.64. The van der Waals surface area contributed by atoms with Crippen molar-refractivity contribution in [3.63, 3.8) is 0 Å². The van der Waals surface area contributed by atoms with E-state index in [1.807, 2.05) is 0 Å². The Morgan fingerprint density at radius 1 is 1.05 bits per heavy atom. The Hall–Kier alpha value is 0.282. The van der Waals surface area contributed by atoms with Gasteiger partial charge in [-0.15, -0.1) is 0 Å². The molecule has 1 saturated heterocycles. The third-order valence-electron chi connectivity index (χ3n) is 7.70. The zero-order valence-corrected chi connectivity index (χ0v) is 15.6. The first-order chi connectivity index (χ1) is 9.21. The molecule has 0 aromatic carbocycles. The molecule has 2 bridgehead atoms. The van der Waals surface area contributed by atoms with Gasteiger partial charge in [-0.2, -0.15) is 0 Å². The lowest BCUT2D eigenvalue weighted by Gasteiger charge is -2.63. The summed E-state index contributed by atoms with van der Waals surface area (Å²) in [6.07, 6.45) is 4.52. The molecule has 20 heavy (non-hydrogen) atoms. The van der Waals surface area contributed by atoms with E-state index in [0.29, 0.717) is 5.41 Å². The molecule has 6 atom stereocenters. The molecule has 3 saturated carbocycles. The SMILES string of the molecule is C[C@H]1[C@H]([B][C@H]2C[Si](C)(C)CC[C@@H]2C)C[C@@H]2C[C@H]1C2(C)C. The molecule has 0 spiro atoms. The third kappa shape index (κ3) is 2.44. The van der Waals surface area contributed by atoms with Crippen LogP contribution < -0.4 is 0 Å². The van der Waals surface area contributed by atoms with Crippen LogP contribution in [0.25, 0.3) is 0 Å². The summed E-state index contributed by atoms with van der Waals surface area (Å²) in [5.74, 6) is 5.80. The van der Waals surface area contributed by atoms with E-state index >= 15 is 0 Å². The van der Waals surface area contributed by atoms with Gasteiger partial charge in [0.05, 0.1) is 0 Å². The maximum atomic E-state index is 2.86. The van der Waals surface area contributed by atoms with Crippen molar-refractivity contribution in [3.05, 3.63) is 0 Å². The molecule has 0 nitrogen and oxygen atoms in total. The van der Waals surface area contributed by atoms with Crippen LogP contribution in [0.5, 0.6) is 0 Å². The van der Waals surface area contributed by atoms with Gasteiger partial charge in [0.1, 0.15) is 7.28 Å². The highest BCUT2D eigenvalue weighted by Crippen LogP contribution is 2.65. The fourth-order valence-electron chi connectivity index (χ4n) is 5.79. The van der Waals surface area contributed by atoms with Crippen LogP contribution in [0, 0.1) is 29.1 Å². The van der Waals surface area contributed by atoms with Gasteiger partial charge >= 0.3 is 0 Å². The number of hydrogen-bond acceptors (Lipinski definition) is 0. The van der Waals surface area contributed by atoms with Crippen LogP contribution in [0.15, 0.2) is 0 Å². The van der Waals surface area contributed by atoms with Crippen molar-refractivity contribution in [1.29, 1.82) is 0 Å². The highest BCUT2D eigenvalue weighted by molar-refractivity contribution is 6.78. The lowest BCUT2D eigenvalue weighted by atomic mass is 9.35. The highest BCUT2D eigenvalue weighted by atomic mass is 28.3. The normalized spacial score (nSPS) is 49.3. The molecule has 3 aliphatic carbocycles. The first-order valence-corrected chi connectivity index (χ1v) is 12.5. The molecular formula is C18H34BSi. The molecule has 113 valence electrons. The van der Waals surface area contributed by atoms with Gasteiger partial charge < -0.3 is 0 Å². The number of rotatable bonds is 2. The average molecular weight is 289 g/mol. The van der Waals surface area contributed by atoms with Gasteiger partial charge in [0, 0.05) is 8.07 Å². The fourth-order valence-corrected chi connectivity index (χ4v) is 9.05. The van der Waals surface area contributed by atoms with Crippen LogP contribution in [-0.2, 0) is 0 Å². The molecule has 4 rings (SSSR count). The van der Waals surface area contributed by atoms with E-state index in [1.54, 1.807) is 12.1 Å². The topological polar surface area (TPSA) is 0 Å². The predicted octanol–water partition coefficient (Wildman–Crippen LogP) is 5.72. The summed E-state index contributed by atoms with van der Waals surface area (Å²) in [5.41, 5.74) is 0.649. The van der Waals surface area contributed by atoms with Gasteiger partial charge in [0.25, 0.3) is 0 Å². The monoisotopic (exact) mass is 289 g/mol. The van der Waals surface area contributed by atoms with Crippen LogP contribution in [0.1, 0.15) is 47.0 Å². The van der Waals surface area contributed by atoms with Crippen LogP contribution >= 0.6 is 0 Å². The minimum absolute atomic E-state index is 0.649. The van der Waals surface area contributed by atoms with Gasteiger partial charge in [-0.1, -0.05) is 77.4 Å². The average Bonchev–Trinajstić information content (AvgIpc) is 2.35. The summed E-state index contributed by atoms with van der Waals surface area (Å²) >= 11 is 0. The summed E-state index contributed by atoms with van der Waals surface area (Å²) in [5, 5.41) is 0. The molecule has 1 aliphatic heterocycles. The predicted molar refractivity (Wildman–Crippen MR) is 93.3 cm³/mol. The van der Waals surface area contributed by atoms with Crippen LogP contribution in [0.2, 0.25) is 36.8 Å². The Morgan fingerprint density at radius 3 is 2.35 bits per heavy atom. The third-order valence-corrected chi connectivity index (χ3v) is 10.9. The largest absolute Gasteiger partial charge is 0.118 e. The number of fused-ring (bicyclic) bond motifs is 2. The first kappa shape index (κ1) is 15.2. The van der Waals surface area contributed by atoms with E-state index in [4.69, 9.17) is 0 Å². The van der Waals surface area contributed by atoms with Gasteiger partial charge in [-0.3, -0.25) is 0 Å². The van der Waals surface area contributed by atoms with E-state index in [-0.39, 0.29) is 0 Å². The first-order valence-electron chi connectivity index (χ1n) is 9.06. The molecule has 4 aliphatic rings. The lowest BCUT2D eigenvalue weighted by Crippen LogP contribution is -2.54. The summed E-state index contributed by atoms with van der Waals surface area (Å²) in [4.78, 5) is 0. The second kappa shape index (κ2) is 4.90. The molecule has 0 unspecified atom stereocenters. The lowest BCUT2D eigenvalue weighted by molar-refractivity contribution is -0.0987. The number of hydrogen-bond donors (Lipinski definition) is 0. The minimum atomic E-state index is -0.867. The van der Waals surface area contributed by atoms with Gasteiger partial charge in [0.2, 0.25) is 0 Å². The van der Waals surface area contributed by atoms with Crippen molar-refractivity contribution < 1.29 is 0 Å². The smallest absolute Gasteiger partial charge is 0.0694 e. The summed E-state index contributed by atoms with van der Waals surface area (Å²) < 4.78 is 0. The molecule has 0 aromatic heterocycles. The van der Waals surface area contributed by atoms with Crippen molar-refractivity contribution in [2.24, 2.45) is 29.1 Å². The fraction of sp³-hybridized carbons (Fsp3) is 1.00. The van der Waals surface area contributed by atoms with Crippen molar-refractivity contribution in [2.75, 3.05) is 0 Å². The molecule has 0 aromatic rings. The standard InChI is InChI=1S/C18H34BSi/c1-12-7-8-20(5,6)11-17(12)19-16-10-14-9-15(13(16)2)18(14,3)4/h12-17H,7-11H2,1-6H3/t12-,13+,14-,15+,16+,17-/m0/s1. The summed E-state index contributed by atoms with van der Waals surface area (Å²) in [6.45, 7) is 15.4. The van der Waals surface area contributed by atoms with Crippen LogP contribution in [0.4, 0.5) is 0 Å². The van der Waals surface area contributed by atoms with Gasteiger partial charge in [-0.05, 0) is 35.5 Å². The Morgan fingerprint density at radius 2 is 1.75 bits per heavy atom. The second-order valence-electron chi connectivity index (χ2n) is 9.86. The maximum Gasteiger partial charge on any atom is 0.118 e. The molecule has 0 amide bonds. The van der Waals surface area contributed by atoms with E-state index < -0.39 is 8.07 Å². The van der Waals surface area contributed by atoms with Crippen molar-refractivity contribution in [3.8, 4) is 0 Å². The van der Waals surface area contributed by atoms with E-state index in [0.717, 1.165) is 35.3 Å². The van der Waals surface area contributed by atoms with Crippen molar-refractivity contribution in [1.82, 2.24) is 0 Å². The minimum Gasteiger partial charge on any atom is -0.0694 e. The van der Waals surface area contributed by atoms with Crippen molar-refractivity contribution >= 4 is 15.4 Å². The second-order valence-corrected chi connectivity index (χ2v) is 15.1. The van der Waals surface area contributed by atoms with Crippen LogP contribution in [-0.4, -0.2) is 15.4 Å². The highest BCUT2D eigenvalue weighted by Gasteiger charge is 2.56. The Kier molecular flexibility index (Phi) is 3.72. The molecule has 4 fully saturated rings. The molecule has 2 heteroatoms. The quantitative estimate of drug-likeness (QED) is 0.570. The van der Waals surface area contributed by atoms with Gasteiger partial charge in [0.15, 0.2) is 0 Å². The Labute approximate surface area is 128 Å². The molecule has 0 N–H and O–H groups in total. The zero-order valence-electron chi connectivity index (χ0n) is 14.6. The molecule has 1 heterocycles. The van der Waals surface area contributed by atoms with E-state index in [9.17, 15) is 0 Å². The van der Waals surface area contributed by atoms with Crippen LogP contribution in [0.3, 0.4) is 0 Å². The van der Waals surface area contributed by atoms with Crippen molar-refractivity contribution in [2.45, 2.75) is 83.8 Å². The summed E-state index contributed by atoms with van der Waals surface area (Å²) in [7, 11) is 1.99. The molecule has 1 radical (unpaired) electrons. The van der Waals surface area contributed by atoms with E-state index in [1.165, 1.54) is 19.3 Å². The summed E-state index contributed by atoms with van der Waals surface area (Å²) in [6, 6.07) is 3.13. The molecular weight excluding hydrogens is 255 g/mol. The van der Waals surface area contributed by atoms with E-state index in [2.05, 4.69) is 48.1 Å².